The SMILES string of the molecule is CC1(C)c2ccccc2-c2ccc(N(c3ccc(-c4ccc(-c5ccccc5)cc4)cc3)c3cccc(-c4ccc5c(c4)-c4sc6ccccc6c4C5(C)C)c3)cc21. The summed E-state index contributed by atoms with van der Waals surface area (Å²) in [7, 11) is 0. The minimum absolute atomic E-state index is 0.0431. The summed E-state index contributed by atoms with van der Waals surface area (Å²) in [6.45, 7) is 9.50. The third kappa shape index (κ3) is 5.36. The molecule has 2 aliphatic rings. The third-order valence-electron chi connectivity index (χ3n) is 12.9. The fourth-order valence-electron chi connectivity index (χ4n) is 9.84. The molecule has 0 bridgehead atoms. The Bertz CT molecular complexity index is 3040. The van der Waals surface area contributed by atoms with Gasteiger partial charge in [-0.15, -0.1) is 11.3 Å². The average Bonchev–Trinajstić information content (AvgIpc) is 3.85. The van der Waals surface area contributed by atoms with Crippen LogP contribution in [0.25, 0.3) is 65.0 Å². The van der Waals surface area contributed by atoms with Gasteiger partial charge >= 0.3 is 0 Å². The molecule has 1 nitrogen and oxygen atoms in total. The van der Waals surface area contributed by atoms with E-state index in [9.17, 15) is 0 Å². The molecule has 2 heteroatoms. The second-order valence-electron chi connectivity index (χ2n) is 17.0. The first-order valence-electron chi connectivity index (χ1n) is 20.3. The molecule has 0 aliphatic heterocycles. The summed E-state index contributed by atoms with van der Waals surface area (Å²) in [5.74, 6) is 0. The van der Waals surface area contributed by atoms with Gasteiger partial charge in [0.05, 0.1) is 0 Å². The van der Waals surface area contributed by atoms with Crippen molar-refractivity contribution in [3.05, 3.63) is 210 Å². The maximum absolute atomic E-state index is 2.44. The summed E-state index contributed by atoms with van der Waals surface area (Å²) < 4.78 is 1.37. The van der Waals surface area contributed by atoms with Crippen molar-refractivity contribution in [1.29, 1.82) is 0 Å². The largest absolute Gasteiger partial charge is 0.310 e. The molecule has 9 aromatic rings. The predicted octanol–water partition coefficient (Wildman–Crippen LogP) is 16.0. The minimum atomic E-state index is -0.102. The van der Waals surface area contributed by atoms with Gasteiger partial charge in [0.2, 0.25) is 0 Å². The van der Waals surface area contributed by atoms with E-state index >= 15 is 0 Å². The van der Waals surface area contributed by atoms with Gasteiger partial charge in [0, 0.05) is 37.5 Å². The van der Waals surface area contributed by atoms with Crippen LogP contribution in [0.3, 0.4) is 0 Å². The molecule has 0 saturated carbocycles. The van der Waals surface area contributed by atoms with E-state index in [1.165, 1.54) is 87.3 Å². The van der Waals surface area contributed by atoms with E-state index in [0.717, 1.165) is 17.1 Å². The summed E-state index contributed by atoms with van der Waals surface area (Å²) in [6, 6.07) is 69.7. The second kappa shape index (κ2) is 13.0. The van der Waals surface area contributed by atoms with Gasteiger partial charge in [-0.05, 0) is 126 Å². The highest BCUT2D eigenvalue weighted by Gasteiger charge is 2.39. The van der Waals surface area contributed by atoms with Crippen molar-refractivity contribution in [2.24, 2.45) is 0 Å². The van der Waals surface area contributed by atoms with Crippen LogP contribution in [0.15, 0.2) is 188 Å². The van der Waals surface area contributed by atoms with Crippen molar-refractivity contribution in [2.75, 3.05) is 4.90 Å². The highest BCUT2D eigenvalue weighted by atomic mass is 32.1. The number of hydrogen-bond donors (Lipinski definition) is 0. The third-order valence-corrected chi connectivity index (χ3v) is 14.1. The summed E-state index contributed by atoms with van der Waals surface area (Å²) in [4.78, 5) is 3.85. The van der Waals surface area contributed by atoms with E-state index < -0.39 is 0 Å². The Kier molecular flexibility index (Phi) is 7.80. The molecular weight excluding hydrogens is 719 g/mol. The zero-order chi connectivity index (χ0) is 39.2. The Balaban J connectivity index is 1.01. The monoisotopic (exact) mass is 761 g/mol. The lowest BCUT2D eigenvalue weighted by Crippen LogP contribution is -2.16. The highest BCUT2D eigenvalue weighted by Crippen LogP contribution is 2.56. The molecule has 0 unspecified atom stereocenters. The summed E-state index contributed by atoms with van der Waals surface area (Å²) in [5, 5.41) is 1.39. The lowest BCUT2D eigenvalue weighted by molar-refractivity contribution is 0.660. The van der Waals surface area contributed by atoms with Gasteiger partial charge in [-0.1, -0.05) is 167 Å². The van der Waals surface area contributed by atoms with Gasteiger partial charge in [0.1, 0.15) is 0 Å². The molecule has 2 aliphatic carbocycles. The summed E-state index contributed by atoms with van der Waals surface area (Å²) in [5.41, 5.74) is 20.3. The Morgan fingerprint density at radius 1 is 0.362 bits per heavy atom. The van der Waals surface area contributed by atoms with E-state index in [1.807, 2.05) is 11.3 Å². The van der Waals surface area contributed by atoms with E-state index in [2.05, 4.69) is 221 Å². The maximum Gasteiger partial charge on any atom is 0.0467 e. The molecule has 0 fully saturated rings. The van der Waals surface area contributed by atoms with Crippen LogP contribution in [-0.4, -0.2) is 0 Å². The van der Waals surface area contributed by atoms with Crippen LogP contribution in [0.4, 0.5) is 17.1 Å². The average molecular weight is 762 g/mol. The van der Waals surface area contributed by atoms with Gasteiger partial charge in [0.15, 0.2) is 0 Å². The lowest BCUT2D eigenvalue weighted by atomic mass is 9.81. The smallest absolute Gasteiger partial charge is 0.0467 e. The lowest BCUT2D eigenvalue weighted by Gasteiger charge is -2.28. The highest BCUT2D eigenvalue weighted by molar-refractivity contribution is 7.22. The Hall–Kier alpha value is -6.48. The topological polar surface area (TPSA) is 3.24 Å². The van der Waals surface area contributed by atoms with Gasteiger partial charge in [-0.3, -0.25) is 0 Å². The molecule has 1 aromatic heterocycles. The van der Waals surface area contributed by atoms with Crippen molar-refractivity contribution in [1.82, 2.24) is 0 Å². The number of nitrogens with zero attached hydrogens (tertiary/aromatic N) is 1. The van der Waals surface area contributed by atoms with Crippen LogP contribution >= 0.6 is 11.3 Å². The zero-order valence-electron chi connectivity index (χ0n) is 33.3. The zero-order valence-corrected chi connectivity index (χ0v) is 34.1. The molecule has 278 valence electrons. The molecule has 0 atom stereocenters. The van der Waals surface area contributed by atoms with Gasteiger partial charge < -0.3 is 4.90 Å². The fraction of sp³-hybridized carbons (Fsp3) is 0.107. The van der Waals surface area contributed by atoms with Crippen molar-refractivity contribution in [3.63, 3.8) is 0 Å². The molecule has 8 aromatic carbocycles. The normalized spacial score (nSPS) is 14.1. The van der Waals surface area contributed by atoms with Crippen LogP contribution in [0, 0.1) is 0 Å². The molecule has 1 heterocycles. The van der Waals surface area contributed by atoms with Crippen LogP contribution in [0.1, 0.15) is 49.9 Å². The molecule has 11 rings (SSSR count). The fourth-order valence-corrected chi connectivity index (χ4v) is 11.2. The van der Waals surface area contributed by atoms with Crippen molar-refractivity contribution in [2.45, 2.75) is 38.5 Å². The van der Waals surface area contributed by atoms with E-state index in [-0.39, 0.29) is 10.8 Å². The maximum atomic E-state index is 2.44. The first-order chi connectivity index (χ1) is 28.3. The molecular formula is C56H43NS. The molecule has 0 saturated heterocycles. The van der Waals surface area contributed by atoms with E-state index in [0.29, 0.717) is 0 Å². The van der Waals surface area contributed by atoms with E-state index in [4.69, 9.17) is 0 Å². The van der Waals surface area contributed by atoms with E-state index in [1.54, 1.807) is 0 Å². The van der Waals surface area contributed by atoms with Crippen LogP contribution in [-0.2, 0) is 10.8 Å². The quantitative estimate of drug-likeness (QED) is 0.163. The first-order valence-corrected chi connectivity index (χ1v) is 21.2. The molecule has 0 radical (unpaired) electrons. The number of hydrogen-bond acceptors (Lipinski definition) is 2. The van der Waals surface area contributed by atoms with Gasteiger partial charge in [0.25, 0.3) is 0 Å². The van der Waals surface area contributed by atoms with Crippen LogP contribution < -0.4 is 4.90 Å². The minimum Gasteiger partial charge on any atom is -0.310 e. The molecule has 58 heavy (non-hydrogen) atoms. The van der Waals surface area contributed by atoms with Gasteiger partial charge in [-0.2, -0.15) is 0 Å². The second-order valence-corrected chi connectivity index (χ2v) is 18.0. The number of fused-ring (bicyclic) bond motifs is 8. The van der Waals surface area contributed by atoms with Crippen molar-refractivity contribution in [3.8, 4) is 54.9 Å². The summed E-state index contributed by atoms with van der Waals surface area (Å²) in [6.07, 6.45) is 0. The predicted molar refractivity (Wildman–Crippen MR) is 248 cm³/mol. The number of anilines is 3. The Labute approximate surface area is 345 Å². The number of benzene rings is 8. The number of rotatable bonds is 6. The molecule has 0 N–H and O–H groups in total. The molecule has 0 amide bonds. The van der Waals surface area contributed by atoms with Gasteiger partial charge in [-0.25, -0.2) is 0 Å². The standard InChI is InChI=1S/C56H43NS/c1-55(2)49-19-10-8-17-45(49)46-31-30-44(35-51(46)55)57(42-28-25-39(26-29-42)38-23-21-37(22-24-38)36-13-6-5-7-14-36)43-16-12-15-40(33-43)41-27-32-50-48(34-41)54-53(56(50,3)4)47-18-9-11-20-52(47)58-54/h5-35H,1-4H3. The summed E-state index contributed by atoms with van der Waals surface area (Å²) >= 11 is 1.93. The van der Waals surface area contributed by atoms with Crippen LogP contribution in [0.2, 0.25) is 0 Å². The van der Waals surface area contributed by atoms with Crippen molar-refractivity contribution < 1.29 is 0 Å². The Morgan fingerprint density at radius 3 is 1.69 bits per heavy atom. The molecule has 0 spiro atoms. The first kappa shape index (κ1) is 34.7. The van der Waals surface area contributed by atoms with Crippen LogP contribution in [0.5, 0.6) is 0 Å². The van der Waals surface area contributed by atoms with Crippen molar-refractivity contribution >= 4 is 38.5 Å². The number of thiophene rings is 1. The Morgan fingerprint density at radius 2 is 0.914 bits per heavy atom.